The van der Waals surface area contributed by atoms with Crippen LogP contribution in [0.4, 0.5) is 0 Å². The fourth-order valence-corrected chi connectivity index (χ4v) is 7.49. The predicted octanol–water partition coefficient (Wildman–Crippen LogP) is 8.14. The number of carboxylic acid groups (broad SMARTS) is 1. The lowest BCUT2D eigenvalue weighted by atomic mass is 9.47. The molecule has 3 aliphatic rings. The molecule has 28 heavy (non-hydrogen) atoms. The molecular formula is C26H46O2. The van der Waals surface area contributed by atoms with E-state index in [0.29, 0.717) is 5.41 Å². The van der Waals surface area contributed by atoms with E-state index in [1.807, 2.05) is 0 Å². The molecule has 0 aromatic heterocycles. The van der Waals surface area contributed by atoms with Crippen molar-refractivity contribution in [2.75, 3.05) is 0 Å². The summed E-state index contributed by atoms with van der Waals surface area (Å²) in [5, 5.41) is 10.5. The van der Waals surface area contributed by atoms with Gasteiger partial charge in [0.25, 0.3) is 0 Å². The fraction of sp³-hybridized carbons (Fsp3) is 0.962. The van der Waals surface area contributed by atoms with Crippen LogP contribution in [0, 0.1) is 22.2 Å². The molecule has 1 N–H and O–H groups in total. The van der Waals surface area contributed by atoms with Gasteiger partial charge in [0.05, 0.1) is 5.41 Å². The number of carboxylic acids is 1. The topological polar surface area (TPSA) is 37.3 Å². The van der Waals surface area contributed by atoms with Gasteiger partial charge in [-0.1, -0.05) is 78.1 Å². The zero-order chi connectivity index (χ0) is 20.1. The highest BCUT2D eigenvalue weighted by molar-refractivity contribution is 5.76. The summed E-state index contributed by atoms with van der Waals surface area (Å²) in [6, 6.07) is 0. The van der Waals surface area contributed by atoms with E-state index in [0.717, 1.165) is 31.6 Å². The van der Waals surface area contributed by atoms with Gasteiger partial charge in [0.1, 0.15) is 0 Å². The van der Waals surface area contributed by atoms with Crippen LogP contribution in [0.5, 0.6) is 0 Å². The third-order valence-corrected chi connectivity index (χ3v) is 9.58. The highest BCUT2D eigenvalue weighted by atomic mass is 16.4. The van der Waals surface area contributed by atoms with Gasteiger partial charge in [-0.3, -0.25) is 4.79 Å². The summed E-state index contributed by atoms with van der Waals surface area (Å²) in [6.07, 6.45) is 23.6. The molecule has 3 saturated carbocycles. The van der Waals surface area contributed by atoms with Crippen LogP contribution in [0.3, 0.4) is 0 Å². The number of aliphatic carboxylic acids is 1. The third kappa shape index (κ3) is 4.31. The lowest BCUT2D eigenvalue weighted by Gasteiger charge is -2.57. The molecule has 0 aromatic rings. The van der Waals surface area contributed by atoms with Gasteiger partial charge >= 0.3 is 5.97 Å². The zero-order valence-electron chi connectivity index (χ0n) is 18.9. The monoisotopic (exact) mass is 390 g/mol. The largest absolute Gasteiger partial charge is 0.481 e. The van der Waals surface area contributed by atoms with Crippen molar-refractivity contribution in [2.45, 2.75) is 136 Å². The minimum absolute atomic E-state index is 0.0706. The van der Waals surface area contributed by atoms with Gasteiger partial charge in [-0.25, -0.2) is 0 Å². The number of hydrogen-bond acceptors (Lipinski definition) is 1. The van der Waals surface area contributed by atoms with Crippen molar-refractivity contribution in [3.05, 3.63) is 0 Å². The predicted molar refractivity (Wildman–Crippen MR) is 117 cm³/mol. The van der Waals surface area contributed by atoms with Crippen LogP contribution in [0.15, 0.2) is 0 Å². The molecule has 0 aliphatic heterocycles. The van der Waals surface area contributed by atoms with Crippen molar-refractivity contribution in [1.82, 2.24) is 0 Å². The van der Waals surface area contributed by atoms with Crippen molar-refractivity contribution in [3.8, 4) is 0 Å². The average molecular weight is 391 g/mol. The summed E-state index contributed by atoms with van der Waals surface area (Å²) in [5.74, 6) is 0.440. The molecule has 2 heteroatoms. The van der Waals surface area contributed by atoms with E-state index in [4.69, 9.17) is 0 Å². The first-order valence-electron chi connectivity index (χ1n) is 12.7. The number of hydrogen-bond donors (Lipinski definition) is 1. The first-order chi connectivity index (χ1) is 13.5. The molecule has 0 bridgehead atoms. The normalized spacial score (nSPS) is 34.2. The second-order valence-electron chi connectivity index (χ2n) is 11.0. The smallest absolute Gasteiger partial charge is 0.310 e. The Morgan fingerprint density at radius 1 is 0.821 bits per heavy atom. The molecule has 0 unspecified atom stereocenters. The molecule has 3 fully saturated rings. The van der Waals surface area contributed by atoms with Crippen LogP contribution in [-0.2, 0) is 4.79 Å². The zero-order valence-corrected chi connectivity index (χ0v) is 18.9. The van der Waals surface area contributed by atoms with Gasteiger partial charge in [-0.15, -0.1) is 0 Å². The first kappa shape index (κ1) is 22.2. The Labute approximate surface area is 174 Å². The van der Waals surface area contributed by atoms with Crippen molar-refractivity contribution in [3.63, 3.8) is 0 Å². The van der Waals surface area contributed by atoms with Crippen molar-refractivity contribution in [1.29, 1.82) is 0 Å². The molecular weight excluding hydrogens is 344 g/mol. The Kier molecular flexibility index (Phi) is 7.54. The summed E-state index contributed by atoms with van der Waals surface area (Å²) in [4.78, 5) is 12.7. The summed E-state index contributed by atoms with van der Waals surface area (Å²) in [7, 11) is 0. The van der Waals surface area contributed by atoms with Crippen molar-refractivity contribution < 1.29 is 9.90 Å². The Balaban J connectivity index is 1.79. The lowest BCUT2D eigenvalue weighted by molar-refractivity contribution is -0.170. The fourth-order valence-electron chi connectivity index (χ4n) is 7.49. The minimum Gasteiger partial charge on any atom is -0.481 e. The Morgan fingerprint density at radius 2 is 1.43 bits per heavy atom. The molecule has 0 heterocycles. The Hall–Kier alpha value is -0.530. The molecule has 162 valence electrons. The third-order valence-electron chi connectivity index (χ3n) is 9.58. The van der Waals surface area contributed by atoms with E-state index >= 15 is 0 Å². The maximum absolute atomic E-state index is 12.7. The van der Waals surface area contributed by atoms with E-state index in [9.17, 15) is 9.90 Å². The molecule has 0 amide bonds. The SMILES string of the molecule is CCCCCCC1(C2(C(=O)O)CCCCC2)CCC(C)(C2CCCCC2)CC1. The summed E-state index contributed by atoms with van der Waals surface area (Å²) < 4.78 is 0. The van der Waals surface area contributed by atoms with Gasteiger partial charge < -0.3 is 5.11 Å². The van der Waals surface area contributed by atoms with E-state index in [1.54, 1.807) is 0 Å². The first-order valence-corrected chi connectivity index (χ1v) is 12.7. The second kappa shape index (κ2) is 9.52. The van der Waals surface area contributed by atoms with Crippen LogP contribution < -0.4 is 0 Å². The number of unbranched alkanes of at least 4 members (excludes halogenated alkanes) is 3. The summed E-state index contributed by atoms with van der Waals surface area (Å²) >= 11 is 0. The molecule has 2 nitrogen and oxygen atoms in total. The van der Waals surface area contributed by atoms with E-state index in [1.165, 1.54) is 96.3 Å². The number of rotatable bonds is 8. The highest BCUT2D eigenvalue weighted by Gasteiger charge is 2.58. The lowest BCUT2D eigenvalue weighted by Crippen LogP contribution is -2.52. The standard InChI is InChI=1S/C26H46O2/c1-3-4-5-10-15-25(26(23(27)28)16-11-7-12-17-26)20-18-24(2,19-21-25)22-13-8-6-9-14-22/h22H,3-21H2,1-2H3,(H,27,28). The molecule has 0 radical (unpaired) electrons. The molecule has 3 rings (SSSR count). The molecule has 0 aromatic carbocycles. The summed E-state index contributed by atoms with van der Waals surface area (Å²) in [5.41, 5.74) is 0.119. The van der Waals surface area contributed by atoms with Crippen molar-refractivity contribution >= 4 is 5.97 Å². The van der Waals surface area contributed by atoms with Gasteiger partial charge in [0.2, 0.25) is 0 Å². The van der Waals surface area contributed by atoms with E-state index < -0.39 is 11.4 Å². The quantitative estimate of drug-likeness (QED) is 0.425. The van der Waals surface area contributed by atoms with Gasteiger partial charge in [0.15, 0.2) is 0 Å². The Morgan fingerprint density at radius 3 is 2.00 bits per heavy atom. The van der Waals surface area contributed by atoms with Gasteiger partial charge in [-0.05, 0) is 74.5 Å². The average Bonchev–Trinajstić information content (AvgIpc) is 2.74. The van der Waals surface area contributed by atoms with Crippen LogP contribution in [0.25, 0.3) is 0 Å². The van der Waals surface area contributed by atoms with E-state index in [2.05, 4.69) is 13.8 Å². The second-order valence-corrected chi connectivity index (χ2v) is 11.0. The van der Waals surface area contributed by atoms with Crippen LogP contribution in [0.1, 0.15) is 136 Å². The Bertz CT molecular complexity index is 489. The maximum Gasteiger partial charge on any atom is 0.310 e. The van der Waals surface area contributed by atoms with Crippen molar-refractivity contribution in [2.24, 2.45) is 22.2 Å². The molecule has 3 aliphatic carbocycles. The molecule has 0 spiro atoms. The minimum atomic E-state index is -0.455. The van der Waals surface area contributed by atoms with Crippen LogP contribution in [0.2, 0.25) is 0 Å². The van der Waals surface area contributed by atoms with Crippen LogP contribution >= 0.6 is 0 Å². The number of carbonyl (C=O) groups is 1. The van der Waals surface area contributed by atoms with Gasteiger partial charge in [0, 0.05) is 0 Å². The molecule has 0 atom stereocenters. The maximum atomic E-state index is 12.7. The van der Waals surface area contributed by atoms with E-state index in [-0.39, 0.29) is 5.41 Å². The summed E-state index contributed by atoms with van der Waals surface area (Å²) in [6.45, 7) is 4.82. The highest BCUT2D eigenvalue weighted by Crippen LogP contribution is 2.63. The van der Waals surface area contributed by atoms with Crippen LogP contribution in [-0.4, -0.2) is 11.1 Å². The van der Waals surface area contributed by atoms with Gasteiger partial charge in [-0.2, -0.15) is 0 Å². The molecule has 0 saturated heterocycles.